The maximum Gasteiger partial charge on any atom is 0.191 e. The molecule has 6 heteroatoms. The van der Waals surface area contributed by atoms with Crippen molar-refractivity contribution in [2.45, 2.75) is 6.92 Å². The first kappa shape index (κ1) is 19.5. The number of aryl methyl sites for hydroxylation is 1. The lowest BCUT2D eigenvalue weighted by atomic mass is 10.1. The predicted molar refractivity (Wildman–Crippen MR) is 127 cm³/mol. The van der Waals surface area contributed by atoms with E-state index in [9.17, 15) is 0 Å². The van der Waals surface area contributed by atoms with Gasteiger partial charge in [0.2, 0.25) is 0 Å². The number of rotatable bonds is 5. The highest BCUT2D eigenvalue weighted by Crippen LogP contribution is 2.23. The fraction of sp³-hybridized carbons (Fsp3) is 0.0417. The van der Waals surface area contributed by atoms with Crippen molar-refractivity contribution in [1.82, 2.24) is 15.2 Å². The van der Waals surface area contributed by atoms with Gasteiger partial charge in [-0.25, -0.2) is 4.68 Å². The van der Waals surface area contributed by atoms with E-state index in [0.29, 0.717) is 5.11 Å². The monoisotopic (exact) mass is 411 g/mol. The minimum atomic E-state index is 0.421. The second kappa shape index (κ2) is 9.15. The van der Waals surface area contributed by atoms with Gasteiger partial charge >= 0.3 is 0 Å². The number of hydrogen-bond donors (Lipinski definition) is 2. The largest absolute Gasteiger partial charge is 0.331 e. The summed E-state index contributed by atoms with van der Waals surface area (Å²) < 4.78 is 1.86. The highest BCUT2D eigenvalue weighted by atomic mass is 32.1. The lowest BCUT2D eigenvalue weighted by Crippen LogP contribution is -2.23. The molecule has 0 aliphatic carbocycles. The van der Waals surface area contributed by atoms with Crippen LogP contribution in [0.25, 0.3) is 16.9 Å². The molecule has 5 nitrogen and oxygen atoms in total. The molecule has 1 aromatic heterocycles. The summed E-state index contributed by atoms with van der Waals surface area (Å²) in [5.41, 5.74) is 8.72. The van der Waals surface area contributed by atoms with Crippen molar-refractivity contribution in [3.05, 3.63) is 102 Å². The van der Waals surface area contributed by atoms with Gasteiger partial charge in [0.25, 0.3) is 0 Å². The van der Waals surface area contributed by atoms with Gasteiger partial charge in [-0.05, 0) is 49.5 Å². The molecule has 0 saturated carbocycles. The van der Waals surface area contributed by atoms with Crippen molar-refractivity contribution < 1.29 is 0 Å². The van der Waals surface area contributed by atoms with E-state index in [1.807, 2.05) is 77.6 Å². The van der Waals surface area contributed by atoms with Crippen LogP contribution in [0, 0.1) is 6.92 Å². The van der Waals surface area contributed by atoms with Gasteiger partial charge in [0.05, 0.1) is 11.9 Å². The minimum Gasteiger partial charge on any atom is -0.331 e. The zero-order valence-corrected chi connectivity index (χ0v) is 17.3. The third-order valence-corrected chi connectivity index (χ3v) is 4.65. The summed E-state index contributed by atoms with van der Waals surface area (Å²) in [6, 6.07) is 28.0. The Bertz CT molecular complexity index is 1170. The van der Waals surface area contributed by atoms with Crippen LogP contribution in [0.1, 0.15) is 11.1 Å². The van der Waals surface area contributed by atoms with Crippen LogP contribution in [-0.4, -0.2) is 21.1 Å². The summed E-state index contributed by atoms with van der Waals surface area (Å²) in [6.07, 6.45) is 3.70. The van der Waals surface area contributed by atoms with Gasteiger partial charge < -0.3 is 5.32 Å². The molecule has 0 atom stereocenters. The van der Waals surface area contributed by atoms with Crippen LogP contribution in [0.15, 0.2) is 96.2 Å². The highest BCUT2D eigenvalue weighted by molar-refractivity contribution is 7.80. The molecule has 0 amide bonds. The fourth-order valence-electron chi connectivity index (χ4n) is 3.05. The molecule has 0 bridgehead atoms. The van der Waals surface area contributed by atoms with Crippen LogP contribution in [0.3, 0.4) is 0 Å². The van der Waals surface area contributed by atoms with Crippen LogP contribution in [0.4, 0.5) is 5.69 Å². The molecule has 0 unspecified atom stereocenters. The van der Waals surface area contributed by atoms with Crippen LogP contribution in [0.5, 0.6) is 0 Å². The first-order valence-corrected chi connectivity index (χ1v) is 9.97. The van der Waals surface area contributed by atoms with E-state index in [2.05, 4.69) is 41.0 Å². The molecule has 0 saturated heterocycles. The quantitative estimate of drug-likeness (QED) is 0.270. The van der Waals surface area contributed by atoms with Crippen molar-refractivity contribution in [2.75, 3.05) is 5.32 Å². The van der Waals surface area contributed by atoms with Gasteiger partial charge in [-0.2, -0.15) is 10.2 Å². The first-order chi connectivity index (χ1) is 14.7. The molecule has 30 heavy (non-hydrogen) atoms. The molecule has 2 N–H and O–H groups in total. The van der Waals surface area contributed by atoms with Crippen LogP contribution >= 0.6 is 12.2 Å². The van der Waals surface area contributed by atoms with Crippen molar-refractivity contribution in [3.63, 3.8) is 0 Å². The summed E-state index contributed by atoms with van der Waals surface area (Å²) in [5, 5.41) is 12.6. The number of hydrogen-bond acceptors (Lipinski definition) is 3. The summed E-state index contributed by atoms with van der Waals surface area (Å²) in [6.45, 7) is 2.07. The molecule has 0 spiro atoms. The molecule has 148 valence electrons. The zero-order valence-electron chi connectivity index (χ0n) is 16.5. The van der Waals surface area contributed by atoms with Gasteiger partial charge in [-0.15, -0.1) is 0 Å². The Hall–Kier alpha value is -3.77. The second-order valence-electron chi connectivity index (χ2n) is 6.77. The smallest absolute Gasteiger partial charge is 0.191 e. The average Bonchev–Trinajstić information content (AvgIpc) is 3.19. The zero-order chi connectivity index (χ0) is 20.8. The Labute approximate surface area is 181 Å². The number of nitrogens with zero attached hydrogens (tertiary/aromatic N) is 3. The maximum atomic E-state index is 5.32. The summed E-state index contributed by atoms with van der Waals surface area (Å²) in [5.74, 6) is 0. The van der Waals surface area contributed by atoms with E-state index < -0.39 is 0 Å². The van der Waals surface area contributed by atoms with E-state index in [1.165, 1.54) is 5.56 Å². The van der Waals surface area contributed by atoms with Crippen LogP contribution in [0.2, 0.25) is 0 Å². The number of anilines is 1. The van der Waals surface area contributed by atoms with Crippen molar-refractivity contribution in [1.29, 1.82) is 0 Å². The Morgan fingerprint density at radius 3 is 2.43 bits per heavy atom. The van der Waals surface area contributed by atoms with Crippen molar-refractivity contribution in [3.8, 4) is 16.9 Å². The third-order valence-electron chi connectivity index (χ3n) is 4.46. The fourth-order valence-corrected chi connectivity index (χ4v) is 3.22. The van der Waals surface area contributed by atoms with E-state index in [0.717, 1.165) is 28.2 Å². The average molecular weight is 412 g/mol. The number of para-hydroxylation sites is 2. The van der Waals surface area contributed by atoms with Gasteiger partial charge in [0, 0.05) is 23.0 Å². The van der Waals surface area contributed by atoms with Gasteiger partial charge in [0.15, 0.2) is 5.11 Å². The van der Waals surface area contributed by atoms with Crippen LogP contribution < -0.4 is 10.7 Å². The van der Waals surface area contributed by atoms with Gasteiger partial charge in [-0.3, -0.25) is 5.43 Å². The molecule has 0 radical (unpaired) electrons. The summed E-state index contributed by atoms with van der Waals surface area (Å²) >= 11 is 5.32. The Kier molecular flexibility index (Phi) is 5.96. The number of benzene rings is 3. The Morgan fingerprint density at radius 1 is 0.967 bits per heavy atom. The molecular weight excluding hydrogens is 390 g/mol. The standard InChI is InChI=1S/C24H21N5S/c1-18-9-8-10-19(15-18)23-20(17-29(28-23)22-13-6-3-7-14-22)16-25-27-24(30)26-21-11-4-2-5-12-21/h2-17H,1H3,(H2,26,27,30)/b25-16+. The van der Waals surface area contributed by atoms with Gasteiger partial charge in [0.1, 0.15) is 5.69 Å². The van der Waals surface area contributed by atoms with E-state index >= 15 is 0 Å². The summed E-state index contributed by atoms with van der Waals surface area (Å²) in [7, 11) is 0. The minimum absolute atomic E-state index is 0.421. The summed E-state index contributed by atoms with van der Waals surface area (Å²) in [4.78, 5) is 0. The molecule has 0 fully saturated rings. The molecule has 0 aliphatic rings. The molecule has 1 heterocycles. The molecule has 3 aromatic carbocycles. The first-order valence-electron chi connectivity index (χ1n) is 9.56. The molecular formula is C24H21N5S. The number of nitrogens with one attached hydrogen (secondary N) is 2. The topological polar surface area (TPSA) is 54.2 Å². The molecule has 0 aliphatic heterocycles. The molecule has 4 rings (SSSR count). The predicted octanol–water partition coefficient (Wildman–Crippen LogP) is 5.17. The van der Waals surface area contributed by atoms with E-state index in [1.54, 1.807) is 6.21 Å². The van der Waals surface area contributed by atoms with Crippen molar-refractivity contribution >= 4 is 29.2 Å². The van der Waals surface area contributed by atoms with E-state index in [-0.39, 0.29) is 0 Å². The van der Waals surface area contributed by atoms with E-state index in [4.69, 9.17) is 17.3 Å². The van der Waals surface area contributed by atoms with Gasteiger partial charge in [-0.1, -0.05) is 60.2 Å². The number of thiocarbonyl (C=S) groups is 1. The Morgan fingerprint density at radius 2 is 1.70 bits per heavy atom. The lowest BCUT2D eigenvalue weighted by molar-refractivity contribution is 0.884. The SMILES string of the molecule is Cc1cccc(-c2nn(-c3ccccc3)cc2/C=N/NC(=S)Nc2ccccc2)c1. The lowest BCUT2D eigenvalue weighted by Gasteiger charge is -2.06. The molecule has 4 aromatic rings. The normalized spacial score (nSPS) is 10.8. The van der Waals surface area contributed by atoms with Crippen LogP contribution in [-0.2, 0) is 0 Å². The number of aromatic nitrogens is 2. The van der Waals surface area contributed by atoms with Crippen molar-refractivity contribution in [2.24, 2.45) is 5.10 Å². The maximum absolute atomic E-state index is 5.32. The second-order valence-corrected chi connectivity index (χ2v) is 7.18. The third kappa shape index (κ3) is 4.79. The Balaban J connectivity index is 1.58. The highest BCUT2D eigenvalue weighted by Gasteiger charge is 2.11. The number of hydrazone groups is 1.